The van der Waals surface area contributed by atoms with Crippen molar-refractivity contribution in [3.63, 3.8) is 0 Å². The topological polar surface area (TPSA) is 56.8 Å². The van der Waals surface area contributed by atoms with E-state index < -0.39 is 0 Å². The lowest BCUT2D eigenvalue weighted by molar-refractivity contribution is -0.117. The van der Waals surface area contributed by atoms with E-state index in [1.165, 1.54) is 0 Å². The number of ether oxygens (including phenoxy) is 3. The van der Waals surface area contributed by atoms with Crippen LogP contribution in [-0.2, 0) is 4.79 Å². The summed E-state index contributed by atoms with van der Waals surface area (Å²) >= 11 is 0. The van der Waals surface area contributed by atoms with Crippen molar-refractivity contribution in [1.29, 1.82) is 0 Å². The number of nitrogens with one attached hydrogen (secondary N) is 1. The molecule has 0 radical (unpaired) electrons. The van der Waals surface area contributed by atoms with Gasteiger partial charge in [-0.05, 0) is 43.7 Å². The molecule has 0 fully saturated rings. The van der Waals surface area contributed by atoms with Crippen LogP contribution in [0.3, 0.4) is 0 Å². The molecule has 0 aliphatic carbocycles. The Hall–Kier alpha value is -2.95. The molecule has 0 spiro atoms. The first-order valence-corrected chi connectivity index (χ1v) is 8.66. The number of rotatable bonds is 3. The number of carbonyl (C=O) groups is 1. The third-order valence-electron chi connectivity index (χ3n) is 4.52. The van der Waals surface area contributed by atoms with Crippen LogP contribution in [0, 0.1) is 0 Å². The third-order valence-corrected chi connectivity index (χ3v) is 4.52. The fourth-order valence-electron chi connectivity index (χ4n) is 3.34. The first-order valence-electron chi connectivity index (χ1n) is 8.66. The minimum Gasteiger partial charge on any atom is -0.487 e. The lowest BCUT2D eigenvalue weighted by Gasteiger charge is -2.37. The monoisotopic (exact) mass is 351 g/mol. The van der Waals surface area contributed by atoms with Crippen molar-refractivity contribution in [3.8, 4) is 17.2 Å². The molecule has 1 atom stereocenters. The van der Waals surface area contributed by atoms with E-state index in [-0.39, 0.29) is 24.3 Å². The molecule has 0 saturated heterocycles. The van der Waals surface area contributed by atoms with E-state index in [0.29, 0.717) is 12.2 Å². The van der Waals surface area contributed by atoms with Crippen molar-refractivity contribution in [3.05, 3.63) is 59.7 Å². The molecule has 4 rings (SSSR count). The third kappa shape index (κ3) is 3.38. The Morgan fingerprint density at radius 2 is 1.92 bits per heavy atom. The predicted octanol–water partition coefficient (Wildman–Crippen LogP) is 3.85. The van der Waals surface area contributed by atoms with Gasteiger partial charge in [-0.15, -0.1) is 0 Å². The SMILES string of the molecule is CC1(C)C[C@@H](NC(=O)/C=C/c2ccc3c(c2)OCO3)c2ccccc2O1. The molecule has 5 nitrogen and oxygen atoms in total. The smallest absolute Gasteiger partial charge is 0.244 e. The number of carbonyl (C=O) groups excluding carboxylic acids is 1. The molecule has 2 aliphatic heterocycles. The molecule has 2 aliphatic rings. The van der Waals surface area contributed by atoms with Gasteiger partial charge in [0.05, 0.1) is 6.04 Å². The van der Waals surface area contributed by atoms with Gasteiger partial charge in [-0.25, -0.2) is 0 Å². The minimum atomic E-state index is -0.326. The summed E-state index contributed by atoms with van der Waals surface area (Å²) in [6.45, 7) is 4.30. The fourth-order valence-corrected chi connectivity index (χ4v) is 3.34. The average molecular weight is 351 g/mol. The summed E-state index contributed by atoms with van der Waals surface area (Å²) in [5, 5.41) is 3.09. The Labute approximate surface area is 152 Å². The Bertz CT molecular complexity index is 872. The van der Waals surface area contributed by atoms with Crippen LogP contribution in [0.15, 0.2) is 48.5 Å². The van der Waals surface area contributed by atoms with E-state index in [9.17, 15) is 4.79 Å². The number of hydrogen-bond acceptors (Lipinski definition) is 4. The maximum atomic E-state index is 12.4. The second-order valence-corrected chi connectivity index (χ2v) is 7.11. The molecule has 134 valence electrons. The Balaban J connectivity index is 1.48. The van der Waals surface area contributed by atoms with Crippen LogP contribution in [0.5, 0.6) is 17.2 Å². The van der Waals surface area contributed by atoms with Crippen LogP contribution in [0.25, 0.3) is 6.08 Å². The van der Waals surface area contributed by atoms with Gasteiger partial charge in [0.25, 0.3) is 0 Å². The summed E-state index contributed by atoms with van der Waals surface area (Å²) < 4.78 is 16.7. The molecule has 1 N–H and O–H groups in total. The molecule has 5 heteroatoms. The van der Waals surface area contributed by atoms with E-state index in [4.69, 9.17) is 14.2 Å². The van der Waals surface area contributed by atoms with Gasteiger partial charge >= 0.3 is 0 Å². The zero-order valence-corrected chi connectivity index (χ0v) is 14.8. The molecule has 2 aromatic carbocycles. The van der Waals surface area contributed by atoms with Crippen LogP contribution < -0.4 is 19.5 Å². The van der Waals surface area contributed by atoms with Crippen molar-refractivity contribution < 1.29 is 19.0 Å². The van der Waals surface area contributed by atoms with Crippen molar-refractivity contribution in [2.45, 2.75) is 31.9 Å². The van der Waals surface area contributed by atoms with Crippen LogP contribution in [0.2, 0.25) is 0 Å². The van der Waals surface area contributed by atoms with Gasteiger partial charge in [-0.2, -0.15) is 0 Å². The fraction of sp³-hybridized carbons (Fsp3) is 0.286. The quantitative estimate of drug-likeness (QED) is 0.854. The van der Waals surface area contributed by atoms with E-state index in [1.54, 1.807) is 12.2 Å². The number of amides is 1. The number of para-hydroxylation sites is 1. The number of benzene rings is 2. The molecule has 26 heavy (non-hydrogen) atoms. The van der Waals surface area contributed by atoms with Crippen LogP contribution in [0.4, 0.5) is 0 Å². The molecule has 2 heterocycles. The second-order valence-electron chi connectivity index (χ2n) is 7.11. The van der Waals surface area contributed by atoms with E-state index >= 15 is 0 Å². The van der Waals surface area contributed by atoms with Crippen LogP contribution in [-0.4, -0.2) is 18.3 Å². The highest BCUT2D eigenvalue weighted by Gasteiger charge is 2.33. The largest absolute Gasteiger partial charge is 0.487 e. The molecule has 0 saturated carbocycles. The summed E-state index contributed by atoms with van der Waals surface area (Å²) in [5.74, 6) is 2.12. The summed E-state index contributed by atoms with van der Waals surface area (Å²) in [4.78, 5) is 12.4. The molecule has 2 aromatic rings. The van der Waals surface area contributed by atoms with E-state index in [1.807, 2.05) is 56.3 Å². The predicted molar refractivity (Wildman–Crippen MR) is 98.2 cm³/mol. The van der Waals surface area contributed by atoms with E-state index in [2.05, 4.69) is 5.32 Å². The second kappa shape index (κ2) is 6.41. The van der Waals surface area contributed by atoms with Crippen molar-refractivity contribution in [1.82, 2.24) is 5.32 Å². The number of fused-ring (bicyclic) bond motifs is 2. The standard InChI is InChI=1S/C21H21NO4/c1-21(2)12-16(15-5-3-4-6-17(15)26-21)22-20(23)10-8-14-7-9-18-19(11-14)25-13-24-18/h3-11,16H,12-13H2,1-2H3,(H,22,23)/b10-8+/t16-/m1/s1. The van der Waals surface area contributed by atoms with Gasteiger partial charge in [-0.1, -0.05) is 24.3 Å². The van der Waals surface area contributed by atoms with Gasteiger partial charge in [0.2, 0.25) is 12.7 Å². The molecule has 0 unspecified atom stereocenters. The molecular formula is C21H21NO4. The van der Waals surface area contributed by atoms with Crippen molar-refractivity contribution in [2.24, 2.45) is 0 Å². The first-order chi connectivity index (χ1) is 12.5. The minimum absolute atomic E-state index is 0.0798. The van der Waals surface area contributed by atoms with Crippen LogP contribution >= 0.6 is 0 Å². The van der Waals surface area contributed by atoms with Gasteiger partial charge < -0.3 is 19.5 Å². The maximum absolute atomic E-state index is 12.4. The molecule has 0 bridgehead atoms. The summed E-state index contributed by atoms with van der Waals surface area (Å²) in [6, 6.07) is 13.4. The van der Waals surface area contributed by atoms with Gasteiger partial charge in [-0.3, -0.25) is 4.79 Å². The molecular weight excluding hydrogens is 330 g/mol. The number of hydrogen-bond donors (Lipinski definition) is 1. The van der Waals surface area contributed by atoms with Gasteiger partial charge in [0.15, 0.2) is 11.5 Å². The van der Waals surface area contributed by atoms with E-state index in [0.717, 1.165) is 22.6 Å². The average Bonchev–Trinajstić information content (AvgIpc) is 3.06. The first kappa shape index (κ1) is 16.5. The highest BCUT2D eigenvalue weighted by atomic mass is 16.7. The summed E-state index contributed by atoms with van der Waals surface area (Å²) in [5.41, 5.74) is 1.57. The molecule has 0 aromatic heterocycles. The zero-order chi connectivity index (χ0) is 18.1. The lowest BCUT2D eigenvalue weighted by atomic mass is 9.89. The Morgan fingerprint density at radius 1 is 1.12 bits per heavy atom. The Morgan fingerprint density at radius 3 is 2.81 bits per heavy atom. The normalized spacial score (nSPS) is 19.7. The highest BCUT2D eigenvalue weighted by molar-refractivity contribution is 5.92. The van der Waals surface area contributed by atoms with Crippen molar-refractivity contribution >= 4 is 12.0 Å². The van der Waals surface area contributed by atoms with Gasteiger partial charge in [0.1, 0.15) is 11.4 Å². The van der Waals surface area contributed by atoms with Crippen LogP contribution in [0.1, 0.15) is 37.4 Å². The highest BCUT2D eigenvalue weighted by Crippen LogP contribution is 2.39. The zero-order valence-electron chi connectivity index (χ0n) is 14.8. The lowest BCUT2D eigenvalue weighted by Crippen LogP contribution is -2.40. The Kier molecular flexibility index (Phi) is 4.07. The molecule has 1 amide bonds. The summed E-state index contributed by atoms with van der Waals surface area (Å²) in [6.07, 6.45) is 4.03. The van der Waals surface area contributed by atoms with Gasteiger partial charge in [0, 0.05) is 18.1 Å². The summed E-state index contributed by atoms with van der Waals surface area (Å²) in [7, 11) is 0. The maximum Gasteiger partial charge on any atom is 0.244 e. The van der Waals surface area contributed by atoms with Crippen molar-refractivity contribution in [2.75, 3.05) is 6.79 Å².